The van der Waals surface area contributed by atoms with Crippen LogP contribution in [0.2, 0.25) is 5.02 Å². The predicted octanol–water partition coefficient (Wildman–Crippen LogP) is 0.0602. The summed E-state index contributed by atoms with van der Waals surface area (Å²) in [6, 6.07) is 4.93. The molecule has 1 fully saturated rings. The zero-order valence-electron chi connectivity index (χ0n) is 14.0. The first-order valence-electron chi connectivity index (χ1n) is 8.02. The lowest BCUT2D eigenvalue weighted by Gasteiger charge is -2.29. The summed E-state index contributed by atoms with van der Waals surface area (Å²) in [5, 5.41) is 6.36. The van der Waals surface area contributed by atoms with Crippen LogP contribution >= 0.6 is 24.0 Å². The Balaban J connectivity index is 0.00000243. The molecule has 6 N–H and O–H groups in total. The van der Waals surface area contributed by atoms with Gasteiger partial charge in [-0.2, -0.15) is 0 Å². The number of hydrogen-bond acceptors (Lipinski definition) is 6. The SMILES string of the molecule is Cl.NC(=O)C1=NCNC1(C(N)=O)c1ccc(OC2CCNCC2)cc1Cl. The van der Waals surface area contributed by atoms with Gasteiger partial charge in [-0.1, -0.05) is 17.7 Å². The number of primary amides is 2. The lowest BCUT2D eigenvalue weighted by molar-refractivity contribution is -0.123. The van der Waals surface area contributed by atoms with E-state index >= 15 is 0 Å². The van der Waals surface area contributed by atoms with Gasteiger partial charge in [-0.05, 0) is 38.1 Å². The normalized spacial score (nSPS) is 23.0. The molecule has 2 aliphatic heterocycles. The number of amides is 2. The highest BCUT2D eigenvalue weighted by Crippen LogP contribution is 2.35. The monoisotopic (exact) mass is 401 g/mol. The molecular formula is C16H21Cl2N5O3. The zero-order chi connectivity index (χ0) is 18.0. The Kier molecular flexibility index (Phi) is 6.46. The standard InChI is InChI=1S/C16H20ClN5O3.ClH/c17-12-7-10(25-9-3-5-20-6-4-9)1-2-11(12)16(15(19)24)13(14(18)23)21-8-22-16;/h1-2,7,9,20,22H,3-6,8H2,(H2,18,23)(H2,19,24);1H. The van der Waals surface area contributed by atoms with Crippen molar-refractivity contribution in [2.75, 3.05) is 19.8 Å². The first-order valence-corrected chi connectivity index (χ1v) is 8.40. The second-order valence-electron chi connectivity index (χ2n) is 6.03. The van der Waals surface area contributed by atoms with E-state index < -0.39 is 17.4 Å². The van der Waals surface area contributed by atoms with Crippen molar-refractivity contribution in [2.24, 2.45) is 16.5 Å². The van der Waals surface area contributed by atoms with Crippen molar-refractivity contribution in [3.63, 3.8) is 0 Å². The van der Waals surface area contributed by atoms with Crippen LogP contribution in [0.3, 0.4) is 0 Å². The molecule has 2 heterocycles. The number of piperidine rings is 1. The van der Waals surface area contributed by atoms with Crippen LogP contribution in [-0.2, 0) is 15.1 Å². The first kappa shape index (κ1) is 20.4. The Bertz CT molecular complexity index is 737. The maximum absolute atomic E-state index is 12.2. The Hall–Kier alpha value is -1.87. The number of nitrogens with zero attached hydrogens (tertiary/aromatic N) is 1. The number of carbonyl (C=O) groups is 2. The third-order valence-electron chi connectivity index (χ3n) is 4.47. The molecule has 1 unspecified atom stereocenters. The number of aliphatic imine (C=N–C) groups is 1. The van der Waals surface area contributed by atoms with E-state index in [0.717, 1.165) is 25.9 Å². The smallest absolute Gasteiger partial charge is 0.265 e. The van der Waals surface area contributed by atoms with E-state index in [1.54, 1.807) is 18.2 Å². The van der Waals surface area contributed by atoms with Crippen LogP contribution in [0.4, 0.5) is 0 Å². The number of rotatable bonds is 5. The maximum Gasteiger partial charge on any atom is 0.265 e. The Morgan fingerprint density at radius 1 is 1.27 bits per heavy atom. The van der Waals surface area contributed by atoms with Gasteiger partial charge in [0.25, 0.3) is 5.91 Å². The van der Waals surface area contributed by atoms with E-state index in [0.29, 0.717) is 11.3 Å². The zero-order valence-corrected chi connectivity index (χ0v) is 15.5. The molecule has 8 nitrogen and oxygen atoms in total. The van der Waals surface area contributed by atoms with Gasteiger partial charge in [0, 0.05) is 5.56 Å². The van der Waals surface area contributed by atoms with Crippen molar-refractivity contribution < 1.29 is 14.3 Å². The van der Waals surface area contributed by atoms with Crippen LogP contribution in [0.15, 0.2) is 23.2 Å². The van der Waals surface area contributed by atoms with E-state index in [4.69, 9.17) is 27.8 Å². The van der Waals surface area contributed by atoms with E-state index in [2.05, 4.69) is 15.6 Å². The summed E-state index contributed by atoms with van der Waals surface area (Å²) in [6.45, 7) is 1.86. The fraction of sp³-hybridized carbons (Fsp3) is 0.438. The molecule has 1 aromatic rings. The molecule has 10 heteroatoms. The molecular weight excluding hydrogens is 381 g/mol. The summed E-state index contributed by atoms with van der Waals surface area (Å²) < 4.78 is 5.94. The summed E-state index contributed by atoms with van der Waals surface area (Å²) in [6.07, 6.45) is 1.93. The van der Waals surface area contributed by atoms with E-state index in [9.17, 15) is 9.59 Å². The molecule has 0 saturated carbocycles. The third-order valence-corrected chi connectivity index (χ3v) is 4.79. The van der Waals surface area contributed by atoms with Gasteiger partial charge in [0.05, 0.1) is 11.7 Å². The summed E-state index contributed by atoms with van der Waals surface area (Å²) in [5.41, 5.74) is 9.48. The second kappa shape index (κ2) is 8.22. The highest BCUT2D eigenvalue weighted by molar-refractivity contribution is 6.47. The van der Waals surface area contributed by atoms with Crippen LogP contribution in [0.5, 0.6) is 5.75 Å². The van der Waals surface area contributed by atoms with Crippen LogP contribution in [0.25, 0.3) is 0 Å². The van der Waals surface area contributed by atoms with Crippen LogP contribution < -0.4 is 26.8 Å². The predicted molar refractivity (Wildman–Crippen MR) is 101 cm³/mol. The van der Waals surface area contributed by atoms with E-state index in [1.807, 2.05) is 0 Å². The number of hydrogen-bond donors (Lipinski definition) is 4. The van der Waals surface area contributed by atoms with Gasteiger partial charge in [-0.15, -0.1) is 12.4 Å². The molecule has 3 rings (SSSR count). The van der Waals surface area contributed by atoms with Gasteiger partial charge in [0.15, 0.2) is 5.54 Å². The van der Waals surface area contributed by atoms with Crippen molar-refractivity contribution in [2.45, 2.75) is 24.5 Å². The Morgan fingerprint density at radius 2 is 1.96 bits per heavy atom. The van der Waals surface area contributed by atoms with E-state index in [1.165, 1.54) is 0 Å². The van der Waals surface area contributed by atoms with Gasteiger partial charge < -0.3 is 21.5 Å². The average molecular weight is 402 g/mol. The molecule has 0 spiro atoms. The van der Waals surface area contributed by atoms with Crippen molar-refractivity contribution in [1.82, 2.24) is 10.6 Å². The molecule has 1 aromatic carbocycles. The minimum atomic E-state index is -1.63. The molecule has 0 radical (unpaired) electrons. The molecule has 0 bridgehead atoms. The Labute approximate surface area is 162 Å². The van der Waals surface area contributed by atoms with Crippen LogP contribution in [0, 0.1) is 0 Å². The minimum absolute atomic E-state index is 0. The first-order chi connectivity index (χ1) is 11.9. The summed E-state index contributed by atoms with van der Waals surface area (Å²) in [7, 11) is 0. The lowest BCUT2D eigenvalue weighted by atomic mass is 9.84. The van der Waals surface area contributed by atoms with Crippen molar-refractivity contribution in [1.29, 1.82) is 0 Å². The molecule has 1 saturated heterocycles. The fourth-order valence-corrected chi connectivity index (χ4v) is 3.55. The number of nitrogens with two attached hydrogens (primary N) is 2. The fourth-order valence-electron chi connectivity index (χ4n) is 3.24. The molecule has 0 aliphatic carbocycles. The molecule has 2 aliphatic rings. The molecule has 0 aromatic heterocycles. The van der Waals surface area contributed by atoms with Gasteiger partial charge in [-0.3, -0.25) is 19.9 Å². The summed E-state index contributed by atoms with van der Waals surface area (Å²) >= 11 is 6.38. The summed E-state index contributed by atoms with van der Waals surface area (Å²) in [4.78, 5) is 27.8. The highest BCUT2D eigenvalue weighted by Gasteiger charge is 2.50. The van der Waals surface area contributed by atoms with Gasteiger partial charge in [0.1, 0.15) is 17.6 Å². The minimum Gasteiger partial charge on any atom is -0.490 e. The molecule has 26 heavy (non-hydrogen) atoms. The highest BCUT2D eigenvalue weighted by atomic mass is 35.5. The topological polar surface area (TPSA) is 132 Å². The van der Waals surface area contributed by atoms with Crippen LogP contribution in [0.1, 0.15) is 18.4 Å². The number of benzene rings is 1. The number of halogens is 2. The van der Waals surface area contributed by atoms with Gasteiger partial charge in [-0.25, -0.2) is 0 Å². The Morgan fingerprint density at radius 3 is 2.54 bits per heavy atom. The maximum atomic E-state index is 12.2. The number of ether oxygens (including phenoxy) is 1. The molecule has 142 valence electrons. The molecule has 1 atom stereocenters. The summed E-state index contributed by atoms with van der Waals surface area (Å²) in [5.74, 6) is -1.03. The third kappa shape index (κ3) is 3.64. The molecule has 2 amide bonds. The number of carbonyl (C=O) groups excluding carboxylic acids is 2. The average Bonchev–Trinajstić information content (AvgIpc) is 3.02. The van der Waals surface area contributed by atoms with Gasteiger partial charge in [0.2, 0.25) is 5.91 Å². The van der Waals surface area contributed by atoms with Crippen molar-refractivity contribution in [3.05, 3.63) is 28.8 Å². The van der Waals surface area contributed by atoms with Gasteiger partial charge >= 0.3 is 0 Å². The quantitative estimate of drug-likeness (QED) is 0.553. The van der Waals surface area contributed by atoms with E-state index in [-0.39, 0.29) is 35.9 Å². The second-order valence-corrected chi connectivity index (χ2v) is 6.44. The van der Waals surface area contributed by atoms with Crippen LogP contribution in [-0.4, -0.2) is 43.4 Å². The van der Waals surface area contributed by atoms with Crippen molar-refractivity contribution in [3.8, 4) is 5.75 Å². The van der Waals surface area contributed by atoms with Crippen molar-refractivity contribution >= 4 is 41.5 Å². The largest absolute Gasteiger partial charge is 0.490 e. The lowest BCUT2D eigenvalue weighted by Crippen LogP contribution is -2.58. The number of nitrogens with one attached hydrogen (secondary N) is 2.